The molecule has 4 rings (SSSR count). The summed E-state index contributed by atoms with van der Waals surface area (Å²) >= 11 is 0. The molecule has 11 heteroatoms. The number of nitrogens with one attached hydrogen (secondary N) is 3. The number of H-pyrrole nitrogens is 2. The Morgan fingerprint density at radius 2 is 1.79 bits per heavy atom. The average Bonchev–Trinajstić information content (AvgIpc) is 3.47. The number of amides is 1. The molecule has 0 aliphatic heterocycles. The second kappa shape index (κ2) is 9.90. The number of hydrogen-bond acceptors (Lipinski definition) is 4. The predicted molar refractivity (Wildman–Crippen MR) is 114 cm³/mol. The highest BCUT2D eigenvalue weighted by Gasteiger charge is 2.38. The third kappa shape index (κ3) is 5.91. The number of ether oxygens (including phenoxy) is 1. The number of carboxylic acids is 1. The molecule has 1 amide bonds. The molecule has 0 aliphatic carbocycles. The molecule has 0 saturated carbocycles. The number of aromatic amines is 2. The largest absolute Gasteiger partial charge is 0.497 e. The van der Waals surface area contributed by atoms with Gasteiger partial charge in [-0.25, -0.2) is 4.79 Å². The van der Waals surface area contributed by atoms with E-state index in [1.165, 1.54) is 0 Å². The molecule has 4 N–H and O–H groups in total. The Hall–Kier alpha value is -4.28. The van der Waals surface area contributed by atoms with E-state index in [2.05, 4.69) is 20.5 Å². The number of alkyl halides is 3. The molecule has 8 nitrogen and oxygen atoms in total. The van der Waals surface area contributed by atoms with Crippen LogP contribution in [-0.2, 0) is 11.3 Å². The molecule has 2 aromatic carbocycles. The Balaban J connectivity index is 0.000000383. The summed E-state index contributed by atoms with van der Waals surface area (Å²) in [4.78, 5) is 24.6. The molecular weight excluding hydrogens is 441 g/mol. The first-order valence-electron chi connectivity index (χ1n) is 9.50. The summed E-state index contributed by atoms with van der Waals surface area (Å²) in [5, 5.41) is 17.8. The van der Waals surface area contributed by atoms with Crippen molar-refractivity contribution in [1.29, 1.82) is 0 Å². The zero-order valence-corrected chi connectivity index (χ0v) is 17.2. The number of benzene rings is 2. The van der Waals surface area contributed by atoms with Crippen molar-refractivity contribution in [2.45, 2.75) is 12.7 Å². The summed E-state index contributed by atoms with van der Waals surface area (Å²) in [6, 6.07) is 13.6. The lowest BCUT2D eigenvalue weighted by atomic mass is 10.1. The number of aromatic nitrogens is 3. The van der Waals surface area contributed by atoms with Gasteiger partial charge >= 0.3 is 12.1 Å². The van der Waals surface area contributed by atoms with Crippen molar-refractivity contribution in [3.05, 3.63) is 72.2 Å². The second-order valence-electron chi connectivity index (χ2n) is 6.78. The van der Waals surface area contributed by atoms with E-state index in [1.54, 1.807) is 19.5 Å². The fourth-order valence-electron chi connectivity index (χ4n) is 2.92. The lowest BCUT2D eigenvalue weighted by Crippen LogP contribution is -2.22. The third-order valence-electron chi connectivity index (χ3n) is 4.61. The number of carbonyl (C=O) groups is 2. The van der Waals surface area contributed by atoms with Crippen LogP contribution in [0.5, 0.6) is 5.75 Å². The first-order chi connectivity index (χ1) is 15.7. The Morgan fingerprint density at radius 1 is 1.09 bits per heavy atom. The molecule has 172 valence electrons. The zero-order valence-electron chi connectivity index (χ0n) is 17.2. The number of hydrogen-bond donors (Lipinski definition) is 4. The molecular formula is C22H19F3N4O4. The van der Waals surface area contributed by atoms with E-state index < -0.39 is 12.1 Å². The summed E-state index contributed by atoms with van der Waals surface area (Å²) < 4.78 is 36.9. The Labute approximate surface area is 185 Å². The van der Waals surface area contributed by atoms with Gasteiger partial charge in [-0.05, 0) is 29.3 Å². The minimum atomic E-state index is -5.08. The maximum absolute atomic E-state index is 12.6. The van der Waals surface area contributed by atoms with E-state index in [0.717, 1.165) is 33.3 Å². The van der Waals surface area contributed by atoms with Crippen LogP contribution in [0.1, 0.15) is 15.9 Å². The van der Waals surface area contributed by atoms with Crippen molar-refractivity contribution in [2.24, 2.45) is 0 Å². The molecule has 0 atom stereocenters. The molecule has 2 aromatic heterocycles. The van der Waals surface area contributed by atoms with E-state index in [1.807, 2.05) is 48.7 Å². The van der Waals surface area contributed by atoms with Gasteiger partial charge in [0.25, 0.3) is 5.91 Å². The lowest BCUT2D eigenvalue weighted by Gasteiger charge is -2.06. The van der Waals surface area contributed by atoms with Gasteiger partial charge < -0.3 is 20.1 Å². The molecule has 0 radical (unpaired) electrons. The SMILES string of the molecule is COc1ccc(CNC(=O)c2c[nH]c3cc(-c4cn[nH]c4)ccc23)cc1.O=C(O)C(F)(F)F. The van der Waals surface area contributed by atoms with Gasteiger partial charge in [0.2, 0.25) is 0 Å². The van der Waals surface area contributed by atoms with Crippen molar-refractivity contribution in [3.63, 3.8) is 0 Å². The number of fused-ring (bicyclic) bond motifs is 1. The number of methoxy groups -OCH3 is 1. The summed E-state index contributed by atoms with van der Waals surface area (Å²) in [6.07, 6.45) is 0.270. The number of carboxylic acid groups (broad SMARTS) is 1. The third-order valence-corrected chi connectivity index (χ3v) is 4.61. The zero-order chi connectivity index (χ0) is 24.0. The second-order valence-corrected chi connectivity index (χ2v) is 6.78. The molecule has 33 heavy (non-hydrogen) atoms. The summed E-state index contributed by atoms with van der Waals surface area (Å²) in [7, 11) is 1.63. The van der Waals surface area contributed by atoms with Crippen LogP contribution in [0.15, 0.2) is 61.1 Å². The molecule has 0 aliphatic rings. The maximum atomic E-state index is 12.6. The van der Waals surface area contributed by atoms with Gasteiger partial charge in [0.05, 0.1) is 18.9 Å². The number of nitrogens with zero attached hydrogens (tertiary/aromatic N) is 1. The van der Waals surface area contributed by atoms with Crippen LogP contribution in [0, 0.1) is 0 Å². The molecule has 0 bridgehead atoms. The van der Waals surface area contributed by atoms with E-state index in [4.69, 9.17) is 14.6 Å². The van der Waals surface area contributed by atoms with E-state index >= 15 is 0 Å². The highest BCUT2D eigenvalue weighted by atomic mass is 19.4. The Morgan fingerprint density at radius 3 is 2.36 bits per heavy atom. The monoisotopic (exact) mass is 460 g/mol. The van der Waals surface area contributed by atoms with Gasteiger partial charge in [-0.1, -0.05) is 24.3 Å². The fraction of sp³-hybridized carbons (Fsp3) is 0.136. The molecule has 4 aromatic rings. The van der Waals surface area contributed by atoms with E-state index in [9.17, 15) is 18.0 Å². The number of halogens is 3. The number of rotatable bonds is 5. The predicted octanol–water partition coefficient (Wildman–Crippen LogP) is 4.13. The summed E-state index contributed by atoms with van der Waals surface area (Å²) in [6.45, 7) is 0.461. The quantitative estimate of drug-likeness (QED) is 0.357. The van der Waals surface area contributed by atoms with Crippen molar-refractivity contribution in [2.75, 3.05) is 7.11 Å². The highest BCUT2D eigenvalue weighted by Crippen LogP contribution is 2.25. The molecule has 0 spiro atoms. The average molecular weight is 460 g/mol. The van der Waals surface area contributed by atoms with Crippen LogP contribution in [0.2, 0.25) is 0 Å². The smallest absolute Gasteiger partial charge is 0.490 e. The van der Waals surface area contributed by atoms with Crippen LogP contribution < -0.4 is 10.1 Å². The summed E-state index contributed by atoms with van der Waals surface area (Å²) in [5.41, 5.74) is 4.61. The number of aliphatic carboxylic acids is 1. The lowest BCUT2D eigenvalue weighted by molar-refractivity contribution is -0.192. The van der Waals surface area contributed by atoms with Gasteiger partial charge in [0.15, 0.2) is 0 Å². The Kier molecular flexibility index (Phi) is 7.01. The maximum Gasteiger partial charge on any atom is 0.490 e. The van der Waals surface area contributed by atoms with E-state index in [0.29, 0.717) is 12.1 Å². The minimum Gasteiger partial charge on any atom is -0.497 e. The fourth-order valence-corrected chi connectivity index (χ4v) is 2.92. The Bertz CT molecular complexity index is 1230. The summed E-state index contributed by atoms with van der Waals surface area (Å²) in [5.74, 6) is -2.07. The standard InChI is InChI=1S/C20H18N4O2.C2HF3O2/c1-26-16-5-2-13(3-6-16)9-22-20(25)18-12-21-19-8-14(4-7-17(18)19)15-10-23-24-11-15;3-2(4,5)1(6)7/h2-8,10-12,21H,9H2,1H3,(H,22,25)(H,23,24);(H,6,7). The normalized spacial score (nSPS) is 10.9. The van der Waals surface area contributed by atoms with Crippen molar-refractivity contribution < 1.29 is 32.6 Å². The number of carbonyl (C=O) groups excluding carboxylic acids is 1. The topological polar surface area (TPSA) is 120 Å². The molecule has 2 heterocycles. The first kappa shape index (κ1) is 23.4. The van der Waals surface area contributed by atoms with Crippen LogP contribution in [-0.4, -0.2) is 45.5 Å². The molecule has 0 saturated heterocycles. The van der Waals surface area contributed by atoms with Gasteiger partial charge in [-0.2, -0.15) is 18.3 Å². The molecule has 0 fully saturated rings. The van der Waals surface area contributed by atoms with Crippen molar-refractivity contribution in [3.8, 4) is 16.9 Å². The first-order valence-corrected chi connectivity index (χ1v) is 9.50. The van der Waals surface area contributed by atoms with Crippen molar-refractivity contribution >= 4 is 22.8 Å². The van der Waals surface area contributed by atoms with Crippen LogP contribution in [0.4, 0.5) is 13.2 Å². The van der Waals surface area contributed by atoms with Crippen LogP contribution >= 0.6 is 0 Å². The minimum absolute atomic E-state index is 0.108. The van der Waals surface area contributed by atoms with Crippen molar-refractivity contribution in [1.82, 2.24) is 20.5 Å². The van der Waals surface area contributed by atoms with Gasteiger partial charge in [-0.15, -0.1) is 0 Å². The van der Waals surface area contributed by atoms with Gasteiger partial charge in [-0.3, -0.25) is 9.89 Å². The van der Waals surface area contributed by atoms with E-state index in [-0.39, 0.29) is 5.91 Å². The van der Waals surface area contributed by atoms with Crippen LogP contribution in [0.3, 0.4) is 0 Å². The van der Waals surface area contributed by atoms with Crippen LogP contribution in [0.25, 0.3) is 22.0 Å². The van der Waals surface area contributed by atoms with Gasteiger partial charge in [0, 0.05) is 35.4 Å². The van der Waals surface area contributed by atoms with Gasteiger partial charge in [0.1, 0.15) is 5.75 Å². The highest BCUT2D eigenvalue weighted by molar-refractivity contribution is 6.07. The molecule has 0 unspecified atom stereocenters.